The van der Waals surface area contributed by atoms with Gasteiger partial charge in [-0.05, 0) is 29.7 Å². The molecule has 1 N–H and O–H groups in total. The molecule has 7 heteroatoms. The first-order valence-corrected chi connectivity index (χ1v) is 9.39. The van der Waals surface area contributed by atoms with E-state index in [0.29, 0.717) is 5.69 Å². The average Bonchev–Trinajstić information content (AvgIpc) is 2.52. The van der Waals surface area contributed by atoms with Crippen LogP contribution in [0, 0.1) is 0 Å². The Hall–Kier alpha value is -2.05. The first-order chi connectivity index (χ1) is 10.9. The Morgan fingerprint density at radius 2 is 1.74 bits per heavy atom. The number of ether oxygens (including phenoxy) is 1. The molecule has 2 rings (SSSR count). The quantitative estimate of drug-likeness (QED) is 0.806. The summed E-state index contributed by atoms with van der Waals surface area (Å²) in [6.45, 7) is 0.177. The maximum atomic E-state index is 11.8. The number of benzene rings is 2. The third kappa shape index (κ3) is 6.71. The molecule has 122 valence electrons. The van der Waals surface area contributed by atoms with Crippen LogP contribution < -0.4 is 5.32 Å². The maximum absolute atomic E-state index is 11.8. The molecule has 2 aromatic carbocycles. The van der Waals surface area contributed by atoms with Crippen molar-refractivity contribution >= 4 is 31.5 Å². The van der Waals surface area contributed by atoms with Gasteiger partial charge in [-0.1, -0.05) is 42.5 Å². The fraction of sp³-hybridized carbons (Fsp3) is 0.188. The Bertz CT molecular complexity index is 763. The predicted molar refractivity (Wildman–Crippen MR) is 90.0 cm³/mol. The highest BCUT2D eigenvalue weighted by Gasteiger charge is 2.08. The predicted octanol–water partition coefficient (Wildman–Crippen LogP) is 3.55. The number of hydrogen-bond donors (Lipinski definition) is 1. The molecule has 23 heavy (non-hydrogen) atoms. The van der Waals surface area contributed by atoms with Crippen molar-refractivity contribution in [3.63, 3.8) is 0 Å². The molecule has 0 atom stereocenters. The topological polar surface area (TPSA) is 72.5 Å². The van der Waals surface area contributed by atoms with Crippen molar-refractivity contribution in [3.8, 4) is 0 Å². The number of rotatable bonds is 6. The van der Waals surface area contributed by atoms with Crippen LogP contribution in [0.25, 0.3) is 0 Å². The lowest BCUT2D eigenvalue weighted by atomic mass is 10.1. The molecule has 0 aliphatic heterocycles. The number of anilines is 1. The zero-order chi connectivity index (χ0) is 16.7. The second-order valence-electron chi connectivity index (χ2n) is 4.88. The summed E-state index contributed by atoms with van der Waals surface area (Å²) in [6.07, 6.45) is -0.295. The van der Waals surface area contributed by atoms with Crippen molar-refractivity contribution < 1.29 is 17.9 Å². The summed E-state index contributed by atoms with van der Waals surface area (Å²) in [5.41, 5.74) is 2.19. The Kier molecular flexibility index (Phi) is 6.01. The van der Waals surface area contributed by atoms with Crippen LogP contribution in [0.4, 0.5) is 10.5 Å². The molecule has 0 saturated carbocycles. The first-order valence-electron chi connectivity index (χ1n) is 6.91. The largest absolute Gasteiger partial charge is 0.444 e. The van der Waals surface area contributed by atoms with Crippen LogP contribution in [0.5, 0.6) is 0 Å². The van der Waals surface area contributed by atoms with Crippen LogP contribution in [0.2, 0.25) is 0 Å². The third-order valence-corrected chi connectivity index (χ3v) is 4.18. The number of nitrogens with one attached hydrogen (secondary N) is 1. The van der Waals surface area contributed by atoms with Gasteiger partial charge < -0.3 is 4.74 Å². The number of hydrogen-bond acceptors (Lipinski definition) is 4. The molecule has 0 bridgehead atoms. The Morgan fingerprint density at radius 3 is 2.43 bits per heavy atom. The van der Waals surface area contributed by atoms with E-state index in [2.05, 4.69) is 5.32 Å². The van der Waals surface area contributed by atoms with Crippen LogP contribution in [0.15, 0.2) is 54.6 Å². The third-order valence-electron chi connectivity index (χ3n) is 3.02. The van der Waals surface area contributed by atoms with Crippen molar-refractivity contribution in [2.45, 2.75) is 13.0 Å². The molecule has 0 spiro atoms. The van der Waals surface area contributed by atoms with Gasteiger partial charge in [0.15, 0.2) is 0 Å². The lowest BCUT2D eigenvalue weighted by Gasteiger charge is -2.08. The molecule has 1 amide bonds. The van der Waals surface area contributed by atoms with Gasteiger partial charge >= 0.3 is 6.09 Å². The molecule has 5 nitrogen and oxygen atoms in total. The molecule has 0 fully saturated rings. The number of carbonyl (C=O) groups is 1. The number of halogens is 1. The van der Waals surface area contributed by atoms with Crippen LogP contribution in [0.1, 0.15) is 11.1 Å². The standard InChI is InChI=1S/C16H16ClNO4S/c17-23(20,21)10-9-13-7-4-8-15(11-13)18-16(19)22-12-14-5-2-1-3-6-14/h1-8,11H,9-10,12H2,(H,18,19). The van der Waals surface area contributed by atoms with Crippen LogP contribution in [-0.2, 0) is 26.8 Å². The summed E-state index contributed by atoms with van der Waals surface area (Å²) >= 11 is 0. The zero-order valence-corrected chi connectivity index (χ0v) is 13.8. The fourth-order valence-electron chi connectivity index (χ4n) is 1.92. The first kappa shape index (κ1) is 17.3. The lowest BCUT2D eigenvalue weighted by molar-refractivity contribution is 0.155. The Balaban J connectivity index is 1.88. The van der Waals surface area contributed by atoms with Crippen molar-refractivity contribution in [3.05, 3.63) is 65.7 Å². The van der Waals surface area contributed by atoms with E-state index in [1.165, 1.54) is 0 Å². The molecule has 0 aliphatic carbocycles. The van der Waals surface area contributed by atoms with Gasteiger partial charge in [0.25, 0.3) is 0 Å². The Labute approximate surface area is 139 Å². The highest BCUT2D eigenvalue weighted by atomic mass is 35.7. The van der Waals surface area contributed by atoms with Crippen molar-refractivity contribution in [1.82, 2.24) is 0 Å². The van der Waals surface area contributed by atoms with Gasteiger partial charge in [-0.15, -0.1) is 0 Å². The molecule has 0 unspecified atom stereocenters. The van der Waals surface area contributed by atoms with E-state index >= 15 is 0 Å². The molecule has 0 aromatic heterocycles. The smallest absolute Gasteiger partial charge is 0.411 e. The maximum Gasteiger partial charge on any atom is 0.411 e. The van der Waals surface area contributed by atoms with Crippen LogP contribution in [-0.4, -0.2) is 20.3 Å². The summed E-state index contributed by atoms with van der Waals surface area (Å²) in [5, 5.41) is 2.61. The highest BCUT2D eigenvalue weighted by molar-refractivity contribution is 8.13. The number of carbonyl (C=O) groups excluding carboxylic acids is 1. The highest BCUT2D eigenvalue weighted by Crippen LogP contribution is 2.13. The molecular weight excluding hydrogens is 338 g/mol. The van der Waals surface area contributed by atoms with Gasteiger partial charge in [0.1, 0.15) is 6.61 Å². The summed E-state index contributed by atoms with van der Waals surface area (Å²) in [4.78, 5) is 11.8. The van der Waals surface area contributed by atoms with Gasteiger partial charge in [0, 0.05) is 16.4 Å². The molecule has 0 aliphatic rings. The second kappa shape index (κ2) is 7.99. The molecular formula is C16H16ClNO4S. The van der Waals surface area contributed by atoms with Gasteiger partial charge in [-0.25, -0.2) is 13.2 Å². The van der Waals surface area contributed by atoms with E-state index in [-0.39, 0.29) is 18.8 Å². The second-order valence-corrected chi connectivity index (χ2v) is 7.78. The number of amides is 1. The van der Waals surface area contributed by atoms with E-state index in [4.69, 9.17) is 15.4 Å². The minimum absolute atomic E-state index is 0.156. The molecule has 0 radical (unpaired) electrons. The van der Waals surface area contributed by atoms with E-state index in [1.807, 2.05) is 30.3 Å². The zero-order valence-electron chi connectivity index (χ0n) is 12.2. The summed E-state index contributed by atoms with van der Waals surface area (Å²) in [5.74, 6) is -0.156. The molecule has 0 heterocycles. The summed E-state index contributed by atoms with van der Waals surface area (Å²) in [7, 11) is 1.65. The van der Waals surface area contributed by atoms with Gasteiger partial charge in [0.2, 0.25) is 9.05 Å². The minimum Gasteiger partial charge on any atom is -0.444 e. The van der Waals surface area contributed by atoms with Crippen molar-refractivity contribution in [1.29, 1.82) is 0 Å². The monoisotopic (exact) mass is 353 g/mol. The number of aryl methyl sites for hydroxylation is 1. The summed E-state index contributed by atoms with van der Waals surface area (Å²) in [6, 6.07) is 16.2. The minimum atomic E-state index is -3.54. The van der Waals surface area contributed by atoms with Crippen LogP contribution >= 0.6 is 10.7 Å². The fourth-order valence-corrected chi connectivity index (χ4v) is 2.63. The van der Waals surface area contributed by atoms with Crippen molar-refractivity contribution in [2.24, 2.45) is 0 Å². The SMILES string of the molecule is O=C(Nc1cccc(CCS(=O)(=O)Cl)c1)OCc1ccccc1. The normalized spacial score (nSPS) is 11.0. The van der Waals surface area contributed by atoms with E-state index in [1.54, 1.807) is 24.3 Å². The molecule has 0 saturated heterocycles. The Morgan fingerprint density at radius 1 is 1.04 bits per heavy atom. The average molecular weight is 354 g/mol. The lowest BCUT2D eigenvalue weighted by Crippen LogP contribution is -2.13. The van der Waals surface area contributed by atoms with Gasteiger partial charge in [0.05, 0.1) is 5.75 Å². The van der Waals surface area contributed by atoms with Crippen molar-refractivity contribution in [2.75, 3.05) is 11.1 Å². The van der Waals surface area contributed by atoms with E-state index in [0.717, 1.165) is 11.1 Å². The van der Waals surface area contributed by atoms with E-state index < -0.39 is 15.1 Å². The van der Waals surface area contributed by atoms with E-state index in [9.17, 15) is 13.2 Å². The van der Waals surface area contributed by atoms with Gasteiger partial charge in [-0.2, -0.15) is 0 Å². The van der Waals surface area contributed by atoms with Gasteiger partial charge in [-0.3, -0.25) is 5.32 Å². The van der Waals surface area contributed by atoms with Crippen LogP contribution in [0.3, 0.4) is 0 Å². The molecule has 2 aromatic rings. The summed E-state index contributed by atoms with van der Waals surface area (Å²) < 4.78 is 27.0.